The summed E-state index contributed by atoms with van der Waals surface area (Å²) < 4.78 is 2.03. The van der Waals surface area contributed by atoms with E-state index >= 15 is 0 Å². The van der Waals surface area contributed by atoms with Gasteiger partial charge < -0.3 is 4.57 Å². The smallest absolute Gasteiger partial charge is 0.270 e. The van der Waals surface area contributed by atoms with Gasteiger partial charge in [-0.1, -0.05) is 6.07 Å². The minimum Gasteiger partial charge on any atom is -0.347 e. The van der Waals surface area contributed by atoms with Gasteiger partial charge in [-0.05, 0) is 50.1 Å². The van der Waals surface area contributed by atoms with Crippen LogP contribution in [0.1, 0.15) is 22.4 Å². The SMILES string of the molecule is Cc1ccc(N=Cc2c(C)n(C)c3ccc([N+](=O)[O-])cc23)cc1C. The zero-order chi connectivity index (χ0) is 17.4. The van der Waals surface area contributed by atoms with E-state index in [1.54, 1.807) is 18.3 Å². The monoisotopic (exact) mass is 321 g/mol. The Morgan fingerprint density at radius 1 is 1.08 bits per heavy atom. The molecule has 1 heterocycles. The first-order valence-electron chi connectivity index (χ1n) is 7.73. The van der Waals surface area contributed by atoms with Gasteiger partial charge in [0.25, 0.3) is 5.69 Å². The molecule has 0 amide bonds. The highest BCUT2D eigenvalue weighted by Crippen LogP contribution is 2.28. The molecule has 3 aromatic rings. The molecule has 5 nitrogen and oxygen atoms in total. The molecule has 0 aliphatic carbocycles. The maximum absolute atomic E-state index is 11.1. The Kier molecular flexibility index (Phi) is 3.93. The van der Waals surface area contributed by atoms with Gasteiger partial charge in [0.15, 0.2) is 0 Å². The molecule has 0 radical (unpaired) electrons. The third-order valence-electron chi connectivity index (χ3n) is 4.57. The molecule has 3 rings (SSSR count). The average Bonchev–Trinajstić information content (AvgIpc) is 2.79. The molecule has 122 valence electrons. The molecule has 0 saturated heterocycles. The number of nitro groups is 1. The Morgan fingerprint density at radius 2 is 1.83 bits per heavy atom. The summed E-state index contributed by atoms with van der Waals surface area (Å²) in [6, 6.07) is 11.0. The van der Waals surface area contributed by atoms with Crippen LogP contribution in [0.15, 0.2) is 41.4 Å². The molecule has 0 atom stereocenters. The van der Waals surface area contributed by atoms with Crippen LogP contribution < -0.4 is 0 Å². The van der Waals surface area contributed by atoms with E-state index in [1.807, 2.05) is 36.7 Å². The van der Waals surface area contributed by atoms with Crippen molar-refractivity contribution in [1.29, 1.82) is 0 Å². The number of aliphatic imine (C=N–C) groups is 1. The van der Waals surface area contributed by atoms with Crippen molar-refractivity contribution in [3.8, 4) is 0 Å². The van der Waals surface area contributed by atoms with E-state index in [9.17, 15) is 10.1 Å². The molecule has 0 N–H and O–H groups in total. The van der Waals surface area contributed by atoms with E-state index in [2.05, 4.69) is 18.8 Å². The van der Waals surface area contributed by atoms with Gasteiger partial charge >= 0.3 is 0 Å². The van der Waals surface area contributed by atoms with E-state index in [0.717, 1.165) is 27.8 Å². The third kappa shape index (κ3) is 2.69. The molecule has 0 unspecified atom stereocenters. The molecule has 0 fully saturated rings. The summed E-state index contributed by atoms with van der Waals surface area (Å²) in [4.78, 5) is 15.3. The molecule has 24 heavy (non-hydrogen) atoms. The number of aromatic nitrogens is 1. The lowest BCUT2D eigenvalue weighted by molar-refractivity contribution is -0.384. The number of aryl methyl sites for hydroxylation is 3. The second kappa shape index (κ2) is 5.92. The van der Waals surface area contributed by atoms with Crippen molar-refractivity contribution in [2.24, 2.45) is 12.0 Å². The van der Waals surface area contributed by atoms with Gasteiger partial charge in [0, 0.05) is 47.6 Å². The van der Waals surface area contributed by atoms with E-state index < -0.39 is 0 Å². The zero-order valence-electron chi connectivity index (χ0n) is 14.2. The van der Waals surface area contributed by atoms with Crippen LogP contribution in [0.4, 0.5) is 11.4 Å². The van der Waals surface area contributed by atoms with Crippen LogP contribution >= 0.6 is 0 Å². The molecule has 5 heteroatoms. The molecule has 0 aliphatic heterocycles. The summed E-state index contributed by atoms with van der Waals surface area (Å²) in [6.45, 7) is 6.12. The van der Waals surface area contributed by atoms with Gasteiger partial charge in [-0.15, -0.1) is 0 Å². The maximum atomic E-state index is 11.1. The Balaban J connectivity index is 2.12. The minimum absolute atomic E-state index is 0.0916. The van der Waals surface area contributed by atoms with Gasteiger partial charge in [-0.25, -0.2) is 0 Å². The minimum atomic E-state index is -0.369. The Labute approximate surface area is 140 Å². The molecule has 1 aromatic heterocycles. The van der Waals surface area contributed by atoms with E-state index in [1.165, 1.54) is 17.2 Å². The molecule has 0 saturated carbocycles. The Bertz CT molecular complexity index is 984. The fourth-order valence-electron chi connectivity index (χ4n) is 2.81. The zero-order valence-corrected chi connectivity index (χ0v) is 14.2. The number of nitrogens with zero attached hydrogens (tertiary/aromatic N) is 3. The highest BCUT2D eigenvalue weighted by atomic mass is 16.6. The van der Waals surface area contributed by atoms with Crippen molar-refractivity contribution in [3.05, 3.63) is 68.9 Å². The van der Waals surface area contributed by atoms with Gasteiger partial charge in [-0.2, -0.15) is 0 Å². The van der Waals surface area contributed by atoms with Gasteiger partial charge in [0.2, 0.25) is 0 Å². The summed E-state index contributed by atoms with van der Waals surface area (Å²) in [5.41, 5.74) is 6.28. The Hall–Kier alpha value is -2.95. The second-order valence-electron chi connectivity index (χ2n) is 6.04. The van der Waals surface area contributed by atoms with Crippen molar-refractivity contribution < 1.29 is 4.92 Å². The first-order chi connectivity index (χ1) is 11.4. The highest BCUT2D eigenvalue weighted by Gasteiger charge is 2.14. The standard InChI is InChI=1S/C19H19N3O2/c1-12-5-6-15(9-13(12)2)20-11-18-14(3)21(4)19-8-7-16(22(23)24)10-17(18)19/h5-11H,1-4H3. The molecular weight excluding hydrogens is 302 g/mol. The van der Waals surface area contributed by atoms with Crippen LogP contribution in [0.2, 0.25) is 0 Å². The molecule has 2 aromatic carbocycles. The fourth-order valence-corrected chi connectivity index (χ4v) is 2.81. The molecular formula is C19H19N3O2. The van der Waals surface area contributed by atoms with Crippen LogP contribution in [-0.4, -0.2) is 15.7 Å². The molecule has 0 bridgehead atoms. The van der Waals surface area contributed by atoms with Crippen LogP contribution in [0.3, 0.4) is 0 Å². The number of hydrogen-bond acceptors (Lipinski definition) is 3. The molecule has 0 aliphatic rings. The van der Waals surface area contributed by atoms with Gasteiger partial charge in [-0.3, -0.25) is 15.1 Å². The average molecular weight is 321 g/mol. The van der Waals surface area contributed by atoms with E-state index in [0.29, 0.717) is 0 Å². The predicted octanol–water partition coefficient (Wildman–Crippen LogP) is 4.76. The second-order valence-corrected chi connectivity index (χ2v) is 6.04. The quantitative estimate of drug-likeness (QED) is 0.396. The van der Waals surface area contributed by atoms with E-state index in [4.69, 9.17) is 0 Å². The summed E-state index contributed by atoms with van der Waals surface area (Å²) in [6.07, 6.45) is 1.80. The lowest BCUT2D eigenvalue weighted by Crippen LogP contribution is -1.91. The van der Waals surface area contributed by atoms with Crippen molar-refractivity contribution in [1.82, 2.24) is 4.57 Å². The van der Waals surface area contributed by atoms with Gasteiger partial charge in [0.1, 0.15) is 0 Å². The first-order valence-corrected chi connectivity index (χ1v) is 7.73. The van der Waals surface area contributed by atoms with Crippen molar-refractivity contribution in [3.63, 3.8) is 0 Å². The summed E-state index contributed by atoms with van der Waals surface area (Å²) >= 11 is 0. The lowest BCUT2D eigenvalue weighted by atomic mass is 10.1. The van der Waals surface area contributed by atoms with Crippen LogP contribution in [0.5, 0.6) is 0 Å². The third-order valence-corrected chi connectivity index (χ3v) is 4.57. The molecule has 0 spiro atoms. The number of non-ortho nitro benzene ring substituents is 1. The maximum Gasteiger partial charge on any atom is 0.270 e. The number of fused-ring (bicyclic) bond motifs is 1. The predicted molar refractivity (Wildman–Crippen MR) is 97.5 cm³/mol. The largest absolute Gasteiger partial charge is 0.347 e. The number of rotatable bonds is 3. The highest BCUT2D eigenvalue weighted by molar-refractivity contribution is 6.02. The van der Waals surface area contributed by atoms with Crippen molar-refractivity contribution in [2.45, 2.75) is 20.8 Å². The topological polar surface area (TPSA) is 60.4 Å². The van der Waals surface area contributed by atoms with Gasteiger partial charge in [0.05, 0.1) is 10.6 Å². The number of benzene rings is 2. The number of nitro benzene ring substituents is 1. The number of hydrogen-bond donors (Lipinski definition) is 0. The van der Waals surface area contributed by atoms with E-state index in [-0.39, 0.29) is 10.6 Å². The lowest BCUT2D eigenvalue weighted by Gasteiger charge is -2.01. The Morgan fingerprint density at radius 3 is 2.50 bits per heavy atom. The van der Waals surface area contributed by atoms with Crippen LogP contribution in [-0.2, 0) is 7.05 Å². The summed E-state index contributed by atoms with van der Waals surface area (Å²) in [5.74, 6) is 0. The fraction of sp³-hybridized carbons (Fsp3) is 0.211. The normalized spacial score (nSPS) is 11.5. The van der Waals surface area contributed by atoms with Crippen molar-refractivity contribution in [2.75, 3.05) is 0 Å². The summed E-state index contributed by atoms with van der Waals surface area (Å²) in [5, 5.41) is 11.9. The van der Waals surface area contributed by atoms with Crippen LogP contribution in [0.25, 0.3) is 10.9 Å². The van der Waals surface area contributed by atoms with Crippen molar-refractivity contribution >= 4 is 28.5 Å². The summed E-state index contributed by atoms with van der Waals surface area (Å²) in [7, 11) is 1.96. The first kappa shape index (κ1) is 15.9. The van der Waals surface area contributed by atoms with Crippen LogP contribution in [0, 0.1) is 30.9 Å².